The van der Waals surface area contributed by atoms with Gasteiger partial charge >= 0.3 is 5.97 Å². The van der Waals surface area contributed by atoms with Crippen LogP contribution in [0.4, 0.5) is 0 Å². The van der Waals surface area contributed by atoms with Gasteiger partial charge in [0.1, 0.15) is 6.10 Å². The van der Waals surface area contributed by atoms with E-state index in [4.69, 9.17) is 9.47 Å². The molecule has 41 heavy (non-hydrogen) atoms. The zero-order valence-electron chi connectivity index (χ0n) is 27.5. The minimum atomic E-state index is -0.935. The van der Waals surface area contributed by atoms with E-state index in [1.54, 1.807) is 0 Å². The molecule has 0 bridgehead atoms. The fourth-order valence-corrected chi connectivity index (χ4v) is 12.5. The van der Waals surface area contributed by atoms with Gasteiger partial charge in [0, 0.05) is 5.92 Å². The summed E-state index contributed by atoms with van der Waals surface area (Å²) in [6.45, 7) is 20.9. The third-order valence-electron chi connectivity index (χ3n) is 14.6. The largest absolute Gasteiger partial charge is 0.462 e. The van der Waals surface area contributed by atoms with Crippen molar-refractivity contribution in [1.82, 2.24) is 0 Å². The minimum absolute atomic E-state index is 0.00480. The molecule has 1 heterocycles. The molecule has 1 saturated heterocycles. The summed E-state index contributed by atoms with van der Waals surface area (Å²) in [7, 11) is 0. The molecule has 6 heteroatoms. The minimum Gasteiger partial charge on any atom is -0.462 e. The monoisotopic (exact) mass is 574 g/mol. The zero-order valence-corrected chi connectivity index (χ0v) is 27.5. The van der Waals surface area contributed by atoms with Gasteiger partial charge in [-0.1, -0.05) is 27.7 Å². The molecule has 234 valence electrons. The molecule has 6 aliphatic rings. The average molecular weight is 575 g/mol. The number of rotatable bonds is 3. The van der Waals surface area contributed by atoms with E-state index < -0.39 is 22.7 Å². The molecule has 1 aliphatic heterocycles. The number of hydrogen-bond acceptors (Lipinski definition) is 6. The summed E-state index contributed by atoms with van der Waals surface area (Å²) in [5.41, 5.74) is -2.34. The molecule has 6 rings (SSSR count). The summed E-state index contributed by atoms with van der Waals surface area (Å²) in [5, 5.41) is 33.8. The smallest absolute Gasteiger partial charge is 0.311 e. The molecule has 0 aromatic heterocycles. The summed E-state index contributed by atoms with van der Waals surface area (Å²) in [5.74, 6) is 0.299. The number of fused-ring (bicyclic) bond motifs is 2. The molecule has 5 aliphatic carbocycles. The van der Waals surface area contributed by atoms with Crippen molar-refractivity contribution in [1.29, 1.82) is 0 Å². The lowest BCUT2D eigenvalue weighted by molar-refractivity contribution is -0.214. The third-order valence-corrected chi connectivity index (χ3v) is 14.6. The summed E-state index contributed by atoms with van der Waals surface area (Å²) >= 11 is 0. The van der Waals surface area contributed by atoms with E-state index in [1.807, 2.05) is 34.6 Å². The number of carbonyl (C=O) groups excluding carboxylic acids is 1. The standard InChI is InChI=1S/C35H58O6/c1-28(2,3)27(38)40-21-18-32(9)22-17-20(36)25-29(4,5)23(37)11-14-35(25)19-34(22,35)16-15-31(32,8)26(21)33(10)13-12-24(41-33)30(6,7)39/h20-26,36-37,39H,11-19H2,1-10H3/t20-,21-,22-,23-,24-,25-,26-,31+,32-,33+,34-,35?/m0/s1. The molecular formula is C35H58O6. The number of esters is 1. The molecule has 6 nitrogen and oxygen atoms in total. The lowest BCUT2D eigenvalue weighted by atomic mass is 9.41. The van der Waals surface area contributed by atoms with E-state index in [9.17, 15) is 20.1 Å². The molecule has 0 radical (unpaired) electrons. The first kappa shape index (κ1) is 30.3. The van der Waals surface area contributed by atoms with Crippen molar-refractivity contribution in [2.24, 2.45) is 50.2 Å². The molecule has 6 fully saturated rings. The van der Waals surface area contributed by atoms with Crippen LogP contribution < -0.4 is 0 Å². The fraction of sp³-hybridized carbons (Fsp3) is 0.971. The van der Waals surface area contributed by atoms with E-state index in [1.165, 1.54) is 0 Å². The van der Waals surface area contributed by atoms with Gasteiger partial charge in [-0.25, -0.2) is 0 Å². The molecule has 2 spiro atoms. The Labute approximate surface area is 248 Å². The zero-order chi connectivity index (χ0) is 30.4. The van der Waals surface area contributed by atoms with Gasteiger partial charge in [-0.15, -0.1) is 0 Å². The molecule has 0 aromatic rings. The highest BCUT2D eigenvalue weighted by atomic mass is 16.6. The van der Waals surface area contributed by atoms with E-state index in [2.05, 4.69) is 34.6 Å². The molecular weight excluding hydrogens is 516 g/mol. The van der Waals surface area contributed by atoms with Gasteiger partial charge in [0.15, 0.2) is 0 Å². The average Bonchev–Trinajstić information content (AvgIpc) is 3.17. The predicted octanol–water partition coefficient (Wildman–Crippen LogP) is 6.03. The first-order valence-corrected chi connectivity index (χ1v) is 16.6. The van der Waals surface area contributed by atoms with Crippen molar-refractivity contribution >= 4 is 5.97 Å². The van der Waals surface area contributed by atoms with E-state index in [0.717, 1.165) is 57.8 Å². The number of aliphatic hydroxyl groups excluding tert-OH is 2. The Balaban J connectivity index is 1.41. The van der Waals surface area contributed by atoms with E-state index >= 15 is 0 Å². The Morgan fingerprint density at radius 2 is 1.51 bits per heavy atom. The normalized spacial score (nSPS) is 54.0. The van der Waals surface area contributed by atoms with E-state index in [0.29, 0.717) is 5.92 Å². The van der Waals surface area contributed by atoms with Crippen LogP contribution in [0.2, 0.25) is 0 Å². The second kappa shape index (κ2) is 8.52. The van der Waals surface area contributed by atoms with Crippen LogP contribution in [0.3, 0.4) is 0 Å². The topological polar surface area (TPSA) is 96.2 Å². The van der Waals surface area contributed by atoms with Crippen LogP contribution in [0.5, 0.6) is 0 Å². The van der Waals surface area contributed by atoms with Crippen molar-refractivity contribution < 1.29 is 29.6 Å². The number of carbonyl (C=O) groups is 1. The predicted molar refractivity (Wildman–Crippen MR) is 158 cm³/mol. The van der Waals surface area contributed by atoms with Crippen molar-refractivity contribution in [3.63, 3.8) is 0 Å². The van der Waals surface area contributed by atoms with Crippen LogP contribution in [-0.4, -0.2) is 56.9 Å². The Kier molecular flexibility index (Phi) is 6.30. The quantitative estimate of drug-likeness (QED) is 0.356. The van der Waals surface area contributed by atoms with Crippen LogP contribution in [0.25, 0.3) is 0 Å². The van der Waals surface area contributed by atoms with Gasteiger partial charge in [-0.3, -0.25) is 4.79 Å². The summed E-state index contributed by atoms with van der Waals surface area (Å²) in [4.78, 5) is 13.5. The third kappa shape index (κ3) is 3.78. The summed E-state index contributed by atoms with van der Waals surface area (Å²) in [6.07, 6.45) is 6.98. The first-order valence-electron chi connectivity index (χ1n) is 16.6. The van der Waals surface area contributed by atoms with Crippen molar-refractivity contribution in [2.75, 3.05) is 0 Å². The van der Waals surface area contributed by atoms with Crippen LogP contribution in [0.1, 0.15) is 127 Å². The summed E-state index contributed by atoms with van der Waals surface area (Å²) in [6, 6.07) is 0. The molecule has 12 atom stereocenters. The molecule has 1 unspecified atom stereocenters. The SMILES string of the molecule is CC(C)(C)C(=O)O[C@H]1C[C@@]2(C)[C@@H]3C[C@H](O)[C@H]4C(C)(C)[C@@H](O)CCC45C[C@@]35CC[C@]2(C)[C@H]1[C@@]1(C)CC[C@@H](C(C)(C)O)O1. The Morgan fingerprint density at radius 1 is 0.854 bits per heavy atom. The van der Waals surface area contributed by atoms with Crippen LogP contribution in [0.15, 0.2) is 0 Å². The Bertz CT molecular complexity index is 1100. The van der Waals surface area contributed by atoms with Gasteiger partial charge in [0.25, 0.3) is 0 Å². The maximum absolute atomic E-state index is 13.5. The maximum atomic E-state index is 13.5. The molecule has 5 saturated carbocycles. The number of aliphatic hydroxyl groups is 3. The summed E-state index contributed by atoms with van der Waals surface area (Å²) < 4.78 is 13.4. The van der Waals surface area contributed by atoms with Crippen LogP contribution >= 0.6 is 0 Å². The van der Waals surface area contributed by atoms with Gasteiger partial charge in [-0.2, -0.15) is 0 Å². The lowest BCUT2D eigenvalue weighted by Crippen LogP contribution is -2.62. The van der Waals surface area contributed by atoms with Crippen LogP contribution in [-0.2, 0) is 14.3 Å². The number of ether oxygens (including phenoxy) is 2. The van der Waals surface area contributed by atoms with Gasteiger partial charge in [0.05, 0.1) is 34.9 Å². The van der Waals surface area contributed by atoms with Gasteiger partial charge < -0.3 is 24.8 Å². The molecule has 0 amide bonds. The van der Waals surface area contributed by atoms with E-state index in [-0.39, 0.29) is 63.2 Å². The highest BCUT2D eigenvalue weighted by molar-refractivity contribution is 5.75. The molecule has 3 N–H and O–H groups in total. The highest BCUT2D eigenvalue weighted by Gasteiger charge is 2.85. The van der Waals surface area contributed by atoms with Crippen LogP contribution in [0, 0.1) is 50.2 Å². The highest BCUT2D eigenvalue weighted by Crippen LogP contribution is 2.89. The molecule has 0 aromatic carbocycles. The van der Waals surface area contributed by atoms with Gasteiger partial charge in [0.2, 0.25) is 0 Å². The van der Waals surface area contributed by atoms with Crippen molar-refractivity contribution in [3.05, 3.63) is 0 Å². The van der Waals surface area contributed by atoms with Crippen molar-refractivity contribution in [2.45, 2.75) is 163 Å². The second-order valence-electron chi connectivity index (χ2n) is 18.5. The number of hydrogen-bond donors (Lipinski definition) is 3. The fourth-order valence-electron chi connectivity index (χ4n) is 12.5. The second-order valence-corrected chi connectivity index (χ2v) is 18.5. The lowest BCUT2D eigenvalue weighted by Gasteiger charge is -2.64. The maximum Gasteiger partial charge on any atom is 0.311 e. The Morgan fingerprint density at radius 3 is 2.10 bits per heavy atom. The van der Waals surface area contributed by atoms with Gasteiger partial charge in [-0.05, 0) is 138 Å². The van der Waals surface area contributed by atoms with Crippen molar-refractivity contribution in [3.8, 4) is 0 Å². The first-order chi connectivity index (χ1) is 18.6. The Hall–Kier alpha value is -0.690.